The highest BCUT2D eigenvalue weighted by molar-refractivity contribution is 8.00. The quantitative estimate of drug-likeness (QED) is 0.767. The van der Waals surface area contributed by atoms with Crippen LogP contribution in [-0.4, -0.2) is 39.9 Å². The molecule has 1 fully saturated rings. The number of aliphatic hydroxyl groups excluding tert-OH is 1. The van der Waals surface area contributed by atoms with Gasteiger partial charge in [0.2, 0.25) is 0 Å². The number of esters is 2. The van der Waals surface area contributed by atoms with Gasteiger partial charge < -0.3 is 14.6 Å². The molecule has 5 nitrogen and oxygen atoms in total. The third-order valence-electron chi connectivity index (χ3n) is 4.93. The molecule has 28 heavy (non-hydrogen) atoms. The minimum absolute atomic E-state index is 0.0837. The number of carbonyl (C=O) groups is 2. The van der Waals surface area contributed by atoms with Crippen molar-refractivity contribution in [3.05, 3.63) is 71.8 Å². The lowest BCUT2D eigenvalue weighted by Gasteiger charge is -2.42. The Morgan fingerprint density at radius 2 is 1.36 bits per heavy atom. The number of aliphatic hydroxyl groups is 1. The van der Waals surface area contributed by atoms with E-state index in [2.05, 4.69) is 0 Å². The summed E-state index contributed by atoms with van der Waals surface area (Å²) in [5, 5.41) is 10.7. The summed E-state index contributed by atoms with van der Waals surface area (Å²) in [6.07, 6.45) is -0.869. The van der Waals surface area contributed by atoms with E-state index in [1.807, 2.05) is 19.9 Å². The van der Waals surface area contributed by atoms with Gasteiger partial charge >= 0.3 is 11.9 Å². The Hall–Kier alpha value is -2.31. The third kappa shape index (κ3) is 4.56. The van der Waals surface area contributed by atoms with Crippen LogP contribution in [0.25, 0.3) is 0 Å². The van der Waals surface area contributed by atoms with Crippen LogP contribution in [0.1, 0.15) is 41.0 Å². The van der Waals surface area contributed by atoms with Gasteiger partial charge in [0.1, 0.15) is 11.5 Å². The first-order valence-electron chi connectivity index (χ1n) is 9.36. The van der Waals surface area contributed by atoms with Crippen molar-refractivity contribution in [3.8, 4) is 0 Å². The predicted molar refractivity (Wildman–Crippen MR) is 108 cm³/mol. The summed E-state index contributed by atoms with van der Waals surface area (Å²) in [5.74, 6) is -1.13. The lowest BCUT2D eigenvalue weighted by Crippen LogP contribution is -2.52. The fourth-order valence-electron chi connectivity index (χ4n) is 3.35. The molecule has 1 N–H and O–H groups in total. The molecule has 0 aliphatic carbocycles. The highest BCUT2D eigenvalue weighted by Crippen LogP contribution is 2.40. The summed E-state index contributed by atoms with van der Waals surface area (Å²) in [6, 6.07) is 17.3. The highest BCUT2D eigenvalue weighted by Gasteiger charge is 2.46. The second kappa shape index (κ2) is 9.26. The minimum atomic E-state index is -0.970. The van der Waals surface area contributed by atoms with Gasteiger partial charge in [-0.3, -0.25) is 0 Å². The van der Waals surface area contributed by atoms with E-state index in [1.165, 1.54) is 11.8 Å². The molecule has 3 rings (SSSR count). The van der Waals surface area contributed by atoms with Gasteiger partial charge in [0.25, 0.3) is 0 Å². The average Bonchev–Trinajstić information content (AvgIpc) is 2.73. The maximum absolute atomic E-state index is 12.6. The molecule has 1 heterocycles. The summed E-state index contributed by atoms with van der Waals surface area (Å²) < 4.78 is 11.4. The van der Waals surface area contributed by atoms with Crippen molar-refractivity contribution >= 4 is 23.7 Å². The number of hydrogen-bond donors (Lipinski definition) is 1. The first-order chi connectivity index (χ1) is 13.5. The fourth-order valence-corrected chi connectivity index (χ4v) is 4.67. The van der Waals surface area contributed by atoms with Crippen LogP contribution in [0.2, 0.25) is 0 Å². The molecule has 1 aliphatic rings. The van der Waals surface area contributed by atoms with Crippen molar-refractivity contribution in [2.45, 2.75) is 43.2 Å². The summed E-state index contributed by atoms with van der Waals surface area (Å²) in [5.41, 5.74) is -0.163. The monoisotopic (exact) mass is 400 g/mol. The van der Waals surface area contributed by atoms with E-state index in [0.29, 0.717) is 11.1 Å². The van der Waals surface area contributed by atoms with Crippen LogP contribution in [0.3, 0.4) is 0 Å². The standard InChI is InChI=1S/C22H24O5S/c1-3-17-14(2)18(26-20(23)15-10-6-4-7-11-15)19(22(25)28-17)27-21(24)16-12-8-5-9-13-16/h4-14,17-19,22,25H,3H2,1-2H3/t14-,17-,18+,19-,22?/m1/s1. The summed E-state index contributed by atoms with van der Waals surface area (Å²) in [4.78, 5) is 25.1. The zero-order valence-electron chi connectivity index (χ0n) is 15.9. The van der Waals surface area contributed by atoms with E-state index in [0.717, 1.165) is 6.42 Å². The Kier molecular flexibility index (Phi) is 6.75. The number of rotatable bonds is 5. The molecule has 1 unspecified atom stereocenters. The van der Waals surface area contributed by atoms with Gasteiger partial charge in [0.05, 0.1) is 11.1 Å². The van der Waals surface area contributed by atoms with Crippen LogP contribution < -0.4 is 0 Å². The zero-order valence-corrected chi connectivity index (χ0v) is 16.7. The molecular formula is C22H24O5S. The Labute approximate surface area is 169 Å². The van der Waals surface area contributed by atoms with Crippen LogP contribution in [0.4, 0.5) is 0 Å². The van der Waals surface area contributed by atoms with Gasteiger partial charge in [0.15, 0.2) is 6.10 Å². The maximum atomic E-state index is 12.6. The molecule has 2 aromatic rings. The van der Waals surface area contributed by atoms with E-state index in [4.69, 9.17) is 9.47 Å². The zero-order chi connectivity index (χ0) is 20.1. The number of benzene rings is 2. The molecule has 5 atom stereocenters. The Balaban J connectivity index is 1.82. The van der Waals surface area contributed by atoms with E-state index >= 15 is 0 Å². The topological polar surface area (TPSA) is 72.8 Å². The first kappa shape index (κ1) is 20.4. The van der Waals surface area contributed by atoms with Crippen LogP contribution >= 0.6 is 11.8 Å². The van der Waals surface area contributed by atoms with Crippen LogP contribution in [0.5, 0.6) is 0 Å². The highest BCUT2D eigenvalue weighted by atomic mass is 32.2. The smallest absolute Gasteiger partial charge is 0.338 e. The molecule has 1 saturated heterocycles. The van der Waals surface area contributed by atoms with E-state index < -0.39 is 29.6 Å². The molecule has 6 heteroatoms. The number of hydrogen-bond acceptors (Lipinski definition) is 6. The van der Waals surface area contributed by atoms with E-state index in [-0.39, 0.29) is 11.2 Å². The average molecular weight is 400 g/mol. The number of thioether (sulfide) groups is 1. The van der Waals surface area contributed by atoms with Crippen molar-refractivity contribution in [2.24, 2.45) is 5.92 Å². The summed E-state index contributed by atoms with van der Waals surface area (Å²) >= 11 is 1.35. The molecule has 0 aromatic heterocycles. The number of carbonyl (C=O) groups excluding carboxylic acids is 2. The Bertz CT molecular complexity index is 795. The minimum Gasteiger partial charge on any atom is -0.454 e. The molecule has 0 radical (unpaired) electrons. The van der Waals surface area contributed by atoms with Crippen molar-refractivity contribution in [1.29, 1.82) is 0 Å². The molecule has 0 bridgehead atoms. The van der Waals surface area contributed by atoms with Gasteiger partial charge in [-0.2, -0.15) is 0 Å². The van der Waals surface area contributed by atoms with Crippen molar-refractivity contribution < 1.29 is 24.2 Å². The maximum Gasteiger partial charge on any atom is 0.338 e. The fraction of sp³-hybridized carbons (Fsp3) is 0.364. The van der Waals surface area contributed by atoms with Gasteiger partial charge in [-0.15, -0.1) is 11.8 Å². The molecule has 0 saturated carbocycles. The largest absolute Gasteiger partial charge is 0.454 e. The molecule has 1 aliphatic heterocycles. The van der Waals surface area contributed by atoms with Gasteiger partial charge in [-0.25, -0.2) is 9.59 Å². The summed E-state index contributed by atoms with van der Waals surface area (Å²) in [7, 11) is 0. The molecule has 2 aromatic carbocycles. The number of ether oxygens (including phenoxy) is 2. The Morgan fingerprint density at radius 3 is 1.82 bits per heavy atom. The predicted octanol–water partition coefficient (Wildman–Crippen LogP) is 3.92. The van der Waals surface area contributed by atoms with E-state index in [1.54, 1.807) is 54.6 Å². The van der Waals surface area contributed by atoms with Crippen molar-refractivity contribution in [3.63, 3.8) is 0 Å². The molecule has 148 valence electrons. The second-order valence-corrected chi connectivity index (χ2v) is 8.17. The van der Waals surface area contributed by atoms with Crippen LogP contribution in [-0.2, 0) is 9.47 Å². The first-order valence-corrected chi connectivity index (χ1v) is 10.3. The SMILES string of the molecule is CC[C@H]1SC(O)[C@H](OC(=O)c2ccccc2)[C@@H](OC(=O)c2ccccc2)[C@@H]1C. The molecule has 0 spiro atoms. The van der Waals surface area contributed by atoms with Crippen LogP contribution in [0.15, 0.2) is 60.7 Å². The van der Waals surface area contributed by atoms with Crippen LogP contribution in [0, 0.1) is 5.92 Å². The van der Waals surface area contributed by atoms with Crippen molar-refractivity contribution in [2.75, 3.05) is 0 Å². The Morgan fingerprint density at radius 1 is 0.893 bits per heavy atom. The lowest BCUT2D eigenvalue weighted by molar-refractivity contribution is -0.0828. The summed E-state index contributed by atoms with van der Waals surface area (Å²) in [6.45, 7) is 3.98. The van der Waals surface area contributed by atoms with E-state index in [9.17, 15) is 14.7 Å². The molecular weight excluding hydrogens is 376 g/mol. The third-order valence-corrected chi connectivity index (χ3v) is 6.59. The van der Waals surface area contributed by atoms with Crippen molar-refractivity contribution in [1.82, 2.24) is 0 Å². The normalized spacial score (nSPS) is 27.0. The lowest BCUT2D eigenvalue weighted by atomic mass is 9.93. The van der Waals surface area contributed by atoms with Gasteiger partial charge in [-0.05, 0) is 30.7 Å². The van der Waals surface area contributed by atoms with Gasteiger partial charge in [-0.1, -0.05) is 50.2 Å². The second-order valence-electron chi connectivity index (χ2n) is 6.80. The molecule has 0 amide bonds. The van der Waals surface area contributed by atoms with Gasteiger partial charge in [0, 0.05) is 11.2 Å².